The number of carboxylic acids is 1. The first kappa shape index (κ1) is 18.4. The monoisotopic (exact) mass is 387 g/mol. The lowest BCUT2D eigenvalue weighted by atomic mass is 10.0. The summed E-state index contributed by atoms with van der Waals surface area (Å²) in [5.41, 5.74) is 0.786. The van der Waals surface area contributed by atoms with Crippen molar-refractivity contribution >= 4 is 57.0 Å². The van der Waals surface area contributed by atoms with Crippen LogP contribution in [0.3, 0.4) is 0 Å². The maximum Gasteiger partial charge on any atom is 0.326 e. The number of fused-ring (bicyclic) bond motifs is 1. The fraction of sp³-hybridized carbons (Fsp3) is 0.211. The van der Waals surface area contributed by atoms with E-state index in [9.17, 15) is 14.7 Å². The summed E-state index contributed by atoms with van der Waals surface area (Å²) in [6.07, 6.45) is 1.74. The Bertz CT molecular complexity index is 938. The molecule has 1 aliphatic rings. The fourth-order valence-electron chi connectivity index (χ4n) is 2.76. The van der Waals surface area contributed by atoms with Gasteiger partial charge in [-0.2, -0.15) is 0 Å². The van der Waals surface area contributed by atoms with Gasteiger partial charge < -0.3 is 9.84 Å². The average molecular weight is 387 g/mol. The van der Waals surface area contributed by atoms with Crippen molar-refractivity contribution in [1.82, 2.24) is 4.90 Å². The van der Waals surface area contributed by atoms with E-state index in [0.717, 1.165) is 33.0 Å². The molecule has 1 amide bonds. The zero-order valence-corrected chi connectivity index (χ0v) is 15.9. The molecule has 1 N–H and O–H groups in total. The van der Waals surface area contributed by atoms with Crippen LogP contribution in [0.15, 0.2) is 41.3 Å². The molecule has 0 spiro atoms. The number of amides is 1. The summed E-state index contributed by atoms with van der Waals surface area (Å²) in [5, 5.41) is 11.2. The Kier molecular flexibility index (Phi) is 5.29. The van der Waals surface area contributed by atoms with Crippen LogP contribution in [-0.2, 0) is 9.59 Å². The highest BCUT2D eigenvalue weighted by Gasteiger charge is 2.38. The molecule has 0 unspecified atom stereocenters. The van der Waals surface area contributed by atoms with Crippen LogP contribution in [0.5, 0.6) is 5.75 Å². The molecule has 134 valence electrons. The molecule has 2 aromatic carbocycles. The van der Waals surface area contributed by atoms with Crippen LogP contribution in [0.4, 0.5) is 0 Å². The van der Waals surface area contributed by atoms with Crippen molar-refractivity contribution in [2.45, 2.75) is 19.9 Å². The van der Waals surface area contributed by atoms with Gasteiger partial charge in [-0.1, -0.05) is 54.3 Å². The Labute approximate surface area is 160 Å². The second-order valence-electron chi connectivity index (χ2n) is 5.70. The quantitative estimate of drug-likeness (QED) is 0.620. The molecule has 7 heteroatoms. The lowest BCUT2D eigenvalue weighted by molar-refractivity contribution is -0.144. The lowest BCUT2D eigenvalue weighted by Gasteiger charge is -2.18. The summed E-state index contributed by atoms with van der Waals surface area (Å²) in [7, 11) is 0. The molecule has 5 nitrogen and oxygen atoms in total. The summed E-state index contributed by atoms with van der Waals surface area (Å²) in [4.78, 5) is 25.5. The Morgan fingerprint density at radius 1 is 1.35 bits per heavy atom. The predicted octanol–water partition coefficient (Wildman–Crippen LogP) is 3.91. The van der Waals surface area contributed by atoms with E-state index in [1.54, 1.807) is 6.08 Å². The summed E-state index contributed by atoms with van der Waals surface area (Å²) in [6, 6.07) is 10.7. The number of benzene rings is 2. The zero-order valence-electron chi connectivity index (χ0n) is 14.3. The maximum atomic E-state index is 12.7. The number of carbonyl (C=O) groups is 2. The SMILES string of the molecule is CCOc1ccc2ccccc2c1/C=C1\SC(=S)N([C@@H](C)C(=O)O)C1=O. The second kappa shape index (κ2) is 7.47. The van der Waals surface area contributed by atoms with Gasteiger partial charge in [0, 0.05) is 5.56 Å². The van der Waals surface area contributed by atoms with Crippen molar-refractivity contribution in [3.05, 3.63) is 46.9 Å². The van der Waals surface area contributed by atoms with Crippen LogP contribution in [-0.4, -0.2) is 38.9 Å². The summed E-state index contributed by atoms with van der Waals surface area (Å²) in [6.45, 7) is 3.84. The highest BCUT2D eigenvalue weighted by atomic mass is 32.2. The third-order valence-electron chi connectivity index (χ3n) is 4.07. The molecule has 1 aliphatic heterocycles. The number of thioether (sulfide) groups is 1. The van der Waals surface area contributed by atoms with Crippen molar-refractivity contribution in [3.8, 4) is 5.75 Å². The molecule has 26 heavy (non-hydrogen) atoms. The van der Waals surface area contributed by atoms with Gasteiger partial charge in [0.2, 0.25) is 0 Å². The number of rotatable bonds is 5. The Morgan fingerprint density at radius 2 is 2.08 bits per heavy atom. The minimum absolute atomic E-state index is 0.245. The molecule has 1 heterocycles. The van der Waals surface area contributed by atoms with Gasteiger partial charge in [0.1, 0.15) is 16.1 Å². The summed E-state index contributed by atoms with van der Waals surface area (Å²) in [5.74, 6) is -0.823. The molecule has 0 bridgehead atoms. The number of thiocarbonyl (C=S) groups is 1. The summed E-state index contributed by atoms with van der Waals surface area (Å²) < 4.78 is 5.97. The molecule has 2 aromatic rings. The Morgan fingerprint density at radius 3 is 2.77 bits per heavy atom. The maximum absolute atomic E-state index is 12.7. The number of carbonyl (C=O) groups excluding carboxylic acids is 1. The molecule has 1 saturated heterocycles. The molecule has 1 fully saturated rings. The van der Waals surface area contributed by atoms with Crippen molar-refractivity contribution in [2.75, 3.05) is 6.61 Å². The van der Waals surface area contributed by atoms with Crippen molar-refractivity contribution in [2.24, 2.45) is 0 Å². The van der Waals surface area contributed by atoms with E-state index in [-0.39, 0.29) is 4.32 Å². The topological polar surface area (TPSA) is 66.8 Å². The lowest BCUT2D eigenvalue weighted by Crippen LogP contribution is -2.41. The molecule has 0 radical (unpaired) electrons. The average Bonchev–Trinajstić information content (AvgIpc) is 2.90. The zero-order chi connectivity index (χ0) is 18.8. The number of ether oxygens (including phenoxy) is 1. The second-order valence-corrected chi connectivity index (χ2v) is 7.37. The van der Waals surface area contributed by atoms with Crippen molar-refractivity contribution < 1.29 is 19.4 Å². The Balaban J connectivity index is 2.10. The number of nitrogens with zero attached hydrogens (tertiary/aromatic N) is 1. The number of hydrogen-bond donors (Lipinski definition) is 1. The van der Waals surface area contributed by atoms with Crippen LogP contribution >= 0.6 is 24.0 Å². The van der Waals surface area contributed by atoms with E-state index in [2.05, 4.69) is 0 Å². The minimum atomic E-state index is -1.09. The number of aliphatic carboxylic acids is 1. The molecule has 3 rings (SSSR count). The van der Waals surface area contributed by atoms with Gasteiger partial charge in [0.15, 0.2) is 0 Å². The van der Waals surface area contributed by atoms with Gasteiger partial charge in [-0.25, -0.2) is 4.79 Å². The van der Waals surface area contributed by atoms with Crippen LogP contribution in [0.25, 0.3) is 16.8 Å². The third kappa shape index (κ3) is 3.32. The van der Waals surface area contributed by atoms with Crippen LogP contribution in [0.2, 0.25) is 0 Å². The van der Waals surface area contributed by atoms with Gasteiger partial charge in [-0.15, -0.1) is 0 Å². The first-order valence-electron chi connectivity index (χ1n) is 8.08. The minimum Gasteiger partial charge on any atom is -0.493 e. The van der Waals surface area contributed by atoms with E-state index in [1.165, 1.54) is 6.92 Å². The first-order chi connectivity index (χ1) is 12.4. The van der Waals surface area contributed by atoms with E-state index in [4.69, 9.17) is 17.0 Å². The van der Waals surface area contributed by atoms with Gasteiger partial charge in [0.25, 0.3) is 5.91 Å². The van der Waals surface area contributed by atoms with Gasteiger partial charge in [0.05, 0.1) is 11.5 Å². The largest absolute Gasteiger partial charge is 0.493 e. The van der Waals surface area contributed by atoms with Crippen molar-refractivity contribution in [1.29, 1.82) is 0 Å². The molecule has 0 saturated carbocycles. The normalized spacial score (nSPS) is 17.2. The standard InChI is InChI=1S/C19H17NO4S2/c1-3-24-15-9-8-12-6-4-5-7-13(12)14(15)10-16-17(21)20(19(25)26-16)11(2)18(22)23/h4-11H,3H2,1-2H3,(H,22,23)/b16-10-/t11-/m0/s1. The van der Waals surface area contributed by atoms with Gasteiger partial charge in [-0.3, -0.25) is 9.69 Å². The smallest absolute Gasteiger partial charge is 0.326 e. The number of carboxylic acid groups (broad SMARTS) is 1. The third-order valence-corrected chi connectivity index (χ3v) is 5.40. The van der Waals surface area contributed by atoms with Crippen LogP contribution in [0.1, 0.15) is 19.4 Å². The highest BCUT2D eigenvalue weighted by molar-refractivity contribution is 8.26. The highest BCUT2D eigenvalue weighted by Crippen LogP contribution is 2.37. The molecule has 0 aliphatic carbocycles. The fourth-order valence-corrected chi connectivity index (χ4v) is 4.16. The summed E-state index contributed by atoms with van der Waals surface area (Å²) >= 11 is 6.33. The van der Waals surface area contributed by atoms with E-state index in [1.807, 2.05) is 43.3 Å². The molecule has 1 atom stereocenters. The Hall–Kier alpha value is -2.38. The van der Waals surface area contributed by atoms with Crippen LogP contribution in [0, 0.1) is 0 Å². The molecular formula is C19H17NO4S2. The van der Waals surface area contributed by atoms with Gasteiger partial charge >= 0.3 is 5.97 Å². The predicted molar refractivity (Wildman–Crippen MR) is 107 cm³/mol. The number of hydrogen-bond acceptors (Lipinski definition) is 5. The van der Waals surface area contributed by atoms with E-state index >= 15 is 0 Å². The van der Waals surface area contributed by atoms with Crippen LogP contribution < -0.4 is 4.74 Å². The van der Waals surface area contributed by atoms with Crippen molar-refractivity contribution in [3.63, 3.8) is 0 Å². The van der Waals surface area contributed by atoms with Gasteiger partial charge in [-0.05, 0) is 36.8 Å². The molecular weight excluding hydrogens is 370 g/mol. The molecule has 0 aromatic heterocycles. The van der Waals surface area contributed by atoms with E-state index in [0.29, 0.717) is 17.3 Å². The first-order valence-corrected chi connectivity index (χ1v) is 9.31. The van der Waals surface area contributed by atoms with E-state index < -0.39 is 17.9 Å².